The molecule has 0 unspecified atom stereocenters. The van der Waals surface area contributed by atoms with Crippen LogP contribution >= 0.6 is 0 Å². The van der Waals surface area contributed by atoms with E-state index >= 15 is 0 Å². The first-order chi connectivity index (χ1) is 9.78. The molecule has 2 aromatic rings. The van der Waals surface area contributed by atoms with Crippen molar-refractivity contribution in [3.05, 3.63) is 59.7 Å². The highest BCUT2D eigenvalue weighted by Gasteiger charge is 1.97. The Morgan fingerprint density at radius 1 is 0.800 bits per heavy atom. The summed E-state index contributed by atoms with van der Waals surface area (Å²) in [5, 5.41) is 8.34. The van der Waals surface area contributed by atoms with Crippen LogP contribution in [0.15, 0.2) is 48.5 Å². The summed E-state index contributed by atoms with van der Waals surface area (Å²) in [6.45, 7) is 3.18. The van der Waals surface area contributed by atoms with E-state index in [2.05, 4.69) is 4.89 Å². The van der Waals surface area contributed by atoms with Gasteiger partial charge in [0.05, 0.1) is 0 Å². The molecular weight excluding hydrogens is 256 g/mol. The predicted molar refractivity (Wildman–Crippen MR) is 76.0 cm³/mol. The largest absolute Gasteiger partial charge is 0.490 e. The normalized spacial score (nSPS) is 10.3. The fourth-order valence-corrected chi connectivity index (χ4v) is 1.71. The van der Waals surface area contributed by atoms with Gasteiger partial charge in [-0.25, -0.2) is 4.89 Å². The van der Waals surface area contributed by atoms with Crippen LogP contribution in [0.5, 0.6) is 11.5 Å². The van der Waals surface area contributed by atoms with Crippen molar-refractivity contribution in [3.63, 3.8) is 0 Å². The lowest BCUT2D eigenvalue weighted by Gasteiger charge is -2.09. The van der Waals surface area contributed by atoms with Crippen LogP contribution in [0.4, 0.5) is 0 Å². The number of aryl methyl sites for hydroxylation is 1. The Labute approximate surface area is 118 Å². The van der Waals surface area contributed by atoms with Gasteiger partial charge in [0.1, 0.15) is 31.3 Å². The fraction of sp³-hybridized carbons (Fsp3) is 0.250. The van der Waals surface area contributed by atoms with Crippen LogP contribution in [0.3, 0.4) is 0 Å². The Morgan fingerprint density at radius 2 is 1.30 bits per heavy atom. The fourth-order valence-electron chi connectivity index (χ4n) is 1.71. The van der Waals surface area contributed by atoms with E-state index in [1.54, 1.807) is 0 Å². The molecule has 0 atom stereocenters. The third-order valence-electron chi connectivity index (χ3n) is 2.80. The zero-order valence-electron chi connectivity index (χ0n) is 11.4. The molecule has 0 bridgehead atoms. The molecule has 0 heterocycles. The van der Waals surface area contributed by atoms with Gasteiger partial charge in [-0.15, -0.1) is 0 Å². The monoisotopic (exact) mass is 274 g/mol. The van der Waals surface area contributed by atoms with E-state index in [9.17, 15) is 0 Å². The molecule has 1 N–H and O–H groups in total. The summed E-state index contributed by atoms with van der Waals surface area (Å²) < 4.78 is 11.1. The van der Waals surface area contributed by atoms with Crippen molar-refractivity contribution in [2.45, 2.75) is 13.5 Å². The summed E-state index contributed by atoms with van der Waals surface area (Å²) in [5.41, 5.74) is 2.09. The molecule has 20 heavy (non-hydrogen) atoms. The van der Waals surface area contributed by atoms with E-state index in [4.69, 9.17) is 14.7 Å². The topological polar surface area (TPSA) is 47.9 Å². The predicted octanol–water partition coefficient (Wildman–Crippen LogP) is 3.44. The van der Waals surface area contributed by atoms with Crippen LogP contribution in [0.2, 0.25) is 0 Å². The second-order valence-electron chi connectivity index (χ2n) is 4.43. The highest BCUT2D eigenvalue weighted by Crippen LogP contribution is 2.14. The molecule has 4 nitrogen and oxygen atoms in total. The van der Waals surface area contributed by atoms with E-state index in [0.717, 1.165) is 17.1 Å². The third-order valence-corrected chi connectivity index (χ3v) is 2.80. The summed E-state index contributed by atoms with van der Waals surface area (Å²) in [6.07, 6.45) is 0. The van der Waals surface area contributed by atoms with Crippen molar-refractivity contribution in [1.82, 2.24) is 0 Å². The van der Waals surface area contributed by atoms with Gasteiger partial charge < -0.3 is 9.47 Å². The molecule has 0 fully saturated rings. The van der Waals surface area contributed by atoms with Gasteiger partial charge in [-0.1, -0.05) is 29.8 Å². The first-order valence-electron chi connectivity index (χ1n) is 6.45. The van der Waals surface area contributed by atoms with Crippen LogP contribution in [0, 0.1) is 6.92 Å². The average molecular weight is 274 g/mol. The van der Waals surface area contributed by atoms with Gasteiger partial charge in [-0.05, 0) is 36.8 Å². The maximum absolute atomic E-state index is 8.34. The van der Waals surface area contributed by atoms with E-state index in [-0.39, 0.29) is 6.61 Å². The smallest absolute Gasteiger partial charge is 0.122 e. The van der Waals surface area contributed by atoms with Gasteiger partial charge in [0.25, 0.3) is 0 Å². The highest BCUT2D eigenvalue weighted by molar-refractivity contribution is 5.27. The minimum Gasteiger partial charge on any atom is -0.490 e. The first kappa shape index (κ1) is 14.4. The van der Waals surface area contributed by atoms with Gasteiger partial charge in [-0.2, -0.15) is 0 Å². The van der Waals surface area contributed by atoms with Gasteiger partial charge >= 0.3 is 0 Å². The van der Waals surface area contributed by atoms with Gasteiger partial charge in [0.2, 0.25) is 0 Å². The van der Waals surface area contributed by atoms with Gasteiger partial charge in [-0.3, -0.25) is 5.26 Å². The quantitative estimate of drug-likeness (QED) is 0.477. The third kappa shape index (κ3) is 4.57. The SMILES string of the molecule is Cc1ccc(OCCOc2ccc(COO)cc2)cc1. The second kappa shape index (κ2) is 7.53. The molecule has 0 radical (unpaired) electrons. The van der Waals surface area contributed by atoms with Gasteiger partial charge in [0, 0.05) is 0 Å². The van der Waals surface area contributed by atoms with Crippen molar-refractivity contribution in [2.24, 2.45) is 0 Å². The van der Waals surface area contributed by atoms with Crippen LogP contribution < -0.4 is 9.47 Å². The number of benzene rings is 2. The van der Waals surface area contributed by atoms with Crippen molar-refractivity contribution in [2.75, 3.05) is 13.2 Å². The second-order valence-corrected chi connectivity index (χ2v) is 4.43. The average Bonchev–Trinajstić information content (AvgIpc) is 2.47. The molecule has 0 aromatic heterocycles. The molecule has 0 amide bonds. The van der Waals surface area contributed by atoms with Crippen molar-refractivity contribution in [3.8, 4) is 11.5 Å². The molecule has 0 aliphatic heterocycles. The van der Waals surface area contributed by atoms with Gasteiger partial charge in [0.15, 0.2) is 0 Å². The molecule has 0 saturated heterocycles. The number of hydrogen-bond donors (Lipinski definition) is 1. The Kier molecular flexibility index (Phi) is 5.41. The Balaban J connectivity index is 1.71. The summed E-state index contributed by atoms with van der Waals surface area (Å²) in [5.74, 6) is 1.61. The molecular formula is C16H18O4. The van der Waals surface area contributed by atoms with E-state index in [0.29, 0.717) is 13.2 Å². The molecule has 0 saturated carbocycles. The minimum atomic E-state index is 0.177. The van der Waals surface area contributed by atoms with Crippen LogP contribution in [-0.4, -0.2) is 18.5 Å². The number of hydrogen-bond acceptors (Lipinski definition) is 4. The lowest BCUT2D eigenvalue weighted by Crippen LogP contribution is -2.08. The first-order valence-corrected chi connectivity index (χ1v) is 6.45. The lowest BCUT2D eigenvalue weighted by molar-refractivity contribution is -0.253. The summed E-state index contributed by atoms with van der Waals surface area (Å²) in [6, 6.07) is 15.3. The standard InChI is InChI=1S/C16H18O4/c1-13-2-6-15(7-3-13)18-10-11-19-16-8-4-14(5-9-16)12-20-17/h2-9,17H,10-12H2,1H3. The summed E-state index contributed by atoms with van der Waals surface area (Å²) in [4.78, 5) is 4.06. The van der Waals surface area contributed by atoms with E-state index in [1.807, 2.05) is 55.5 Å². The Morgan fingerprint density at radius 3 is 1.80 bits per heavy atom. The molecule has 0 aliphatic rings. The molecule has 2 rings (SSSR count). The number of ether oxygens (including phenoxy) is 2. The van der Waals surface area contributed by atoms with Crippen LogP contribution in [-0.2, 0) is 11.5 Å². The maximum atomic E-state index is 8.34. The van der Waals surface area contributed by atoms with E-state index < -0.39 is 0 Å². The Bertz CT molecular complexity index is 505. The van der Waals surface area contributed by atoms with Crippen molar-refractivity contribution < 1.29 is 19.6 Å². The maximum Gasteiger partial charge on any atom is 0.122 e. The molecule has 0 spiro atoms. The molecule has 0 aliphatic carbocycles. The van der Waals surface area contributed by atoms with Crippen LogP contribution in [0.25, 0.3) is 0 Å². The number of rotatable bonds is 7. The lowest BCUT2D eigenvalue weighted by atomic mass is 10.2. The highest BCUT2D eigenvalue weighted by atomic mass is 17.1. The van der Waals surface area contributed by atoms with Crippen LogP contribution in [0.1, 0.15) is 11.1 Å². The van der Waals surface area contributed by atoms with Crippen molar-refractivity contribution in [1.29, 1.82) is 0 Å². The molecule has 4 heteroatoms. The zero-order chi connectivity index (χ0) is 14.2. The Hall–Kier alpha value is -2.04. The molecule has 106 valence electrons. The molecule has 2 aromatic carbocycles. The van der Waals surface area contributed by atoms with E-state index in [1.165, 1.54) is 5.56 Å². The summed E-state index contributed by atoms with van der Waals surface area (Å²) >= 11 is 0. The minimum absolute atomic E-state index is 0.177. The summed E-state index contributed by atoms with van der Waals surface area (Å²) in [7, 11) is 0. The van der Waals surface area contributed by atoms with Crippen molar-refractivity contribution >= 4 is 0 Å². The zero-order valence-corrected chi connectivity index (χ0v) is 11.4.